The minimum atomic E-state index is -0.624. The number of benzene rings is 1. The van der Waals surface area contributed by atoms with Crippen molar-refractivity contribution in [2.75, 3.05) is 0 Å². The molecule has 0 amide bonds. The number of hydrogen-bond acceptors (Lipinski definition) is 3. The van der Waals surface area contributed by atoms with Gasteiger partial charge in [-0.2, -0.15) is 0 Å². The first-order chi connectivity index (χ1) is 9.74. The Balaban J connectivity index is 1.73. The Kier molecular flexibility index (Phi) is 3.69. The molecule has 3 atom stereocenters. The van der Waals surface area contributed by atoms with Gasteiger partial charge in [-0.25, -0.2) is 9.37 Å². The van der Waals surface area contributed by atoms with Crippen LogP contribution in [0.15, 0.2) is 43.0 Å². The van der Waals surface area contributed by atoms with E-state index >= 15 is 0 Å². The zero-order valence-electron chi connectivity index (χ0n) is 11.0. The Morgan fingerprint density at radius 2 is 2.25 bits per heavy atom. The van der Waals surface area contributed by atoms with Gasteiger partial charge in [-0.1, -0.05) is 6.07 Å². The van der Waals surface area contributed by atoms with Crippen LogP contribution in [0.25, 0.3) is 0 Å². The van der Waals surface area contributed by atoms with Gasteiger partial charge in [0.2, 0.25) is 0 Å². The lowest BCUT2D eigenvalue weighted by atomic mass is 9.89. The number of aliphatic hydroxyl groups excluding tert-OH is 1. The van der Waals surface area contributed by atoms with Crippen LogP contribution in [0.1, 0.15) is 25.3 Å². The maximum Gasteiger partial charge on any atom is 0.127 e. The highest BCUT2D eigenvalue weighted by Crippen LogP contribution is 2.31. The molecule has 3 rings (SSSR count). The quantitative estimate of drug-likeness (QED) is 0.937. The molecule has 1 fully saturated rings. The van der Waals surface area contributed by atoms with Gasteiger partial charge in [0.25, 0.3) is 0 Å². The molecule has 1 heterocycles. The first-order valence-electron chi connectivity index (χ1n) is 6.82. The maximum absolute atomic E-state index is 13.2. The molecular formula is C15H17FN2O2. The van der Waals surface area contributed by atoms with Gasteiger partial charge in [0.1, 0.15) is 23.8 Å². The first kappa shape index (κ1) is 13.1. The Morgan fingerprint density at radius 3 is 3.00 bits per heavy atom. The lowest BCUT2D eigenvalue weighted by molar-refractivity contribution is -0.0262. The molecule has 0 radical (unpaired) electrons. The summed E-state index contributed by atoms with van der Waals surface area (Å²) in [4.78, 5) is 4.01. The topological polar surface area (TPSA) is 47.3 Å². The summed E-state index contributed by atoms with van der Waals surface area (Å²) in [6.45, 7) is 0. The lowest BCUT2D eigenvalue weighted by Crippen LogP contribution is -2.42. The van der Waals surface area contributed by atoms with Crippen LogP contribution in [0, 0.1) is 5.82 Å². The largest absolute Gasteiger partial charge is 0.488 e. The van der Waals surface area contributed by atoms with Gasteiger partial charge in [0, 0.05) is 18.5 Å². The molecular weight excluding hydrogens is 259 g/mol. The molecule has 1 aromatic heterocycles. The fourth-order valence-corrected chi connectivity index (χ4v) is 2.75. The molecule has 1 saturated carbocycles. The second kappa shape index (κ2) is 5.63. The minimum Gasteiger partial charge on any atom is -0.488 e. The molecule has 2 aromatic rings. The Hall–Kier alpha value is -1.88. The third-order valence-electron chi connectivity index (χ3n) is 3.76. The predicted molar refractivity (Wildman–Crippen MR) is 71.9 cm³/mol. The number of ether oxygens (including phenoxy) is 1. The molecule has 0 unspecified atom stereocenters. The van der Waals surface area contributed by atoms with E-state index in [2.05, 4.69) is 4.98 Å². The van der Waals surface area contributed by atoms with Crippen molar-refractivity contribution in [2.45, 2.75) is 37.5 Å². The van der Waals surface area contributed by atoms with E-state index in [1.165, 1.54) is 12.1 Å². The van der Waals surface area contributed by atoms with Crippen molar-refractivity contribution in [1.29, 1.82) is 0 Å². The first-order valence-corrected chi connectivity index (χ1v) is 6.82. The molecule has 20 heavy (non-hydrogen) atoms. The smallest absolute Gasteiger partial charge is 0.127 e. The molecule has 5 heteroatoms. The van der Waals surface area contributed by atoms with E-state index in [-0.39, 0.29) is 18.0 Å². The third kappa shape index (κ3) is 2.67. The average molecular weight is 276 g/mol. The van der Waals surface area contributed by atoms with Crippen molar-refractivity contribution >= 4 is 0 Å². The van der Waals surface area contributed by atoms with Gasteiger partial charge in [0.05, 0.1) is 12.4 Å². The van der Waals surface area contributed by atoms with E-state index in [9.17, 15) is 9.50 Å². The number of halogens is 1. The molecule has 4 nitrogen and oxygen atoms in total. The van der Waals surface area contributed by atoms with Gasteiger partial charge in [-0.15, -0.1) is 0 Å². The Morgan fingerprint density at radius 1 is 1.35 bits per heavy atom. The lowest BCUT2D eigenvalue weighted by Gasteiger charge is -2.35. The highest BCUT2D eigenvalue weighted by molar-refractivity contribution is 5.23. The molecule has 1 N–H and O–H groups in total. The van der Waals surface area contributed by atoms with Crippen molar-refractivity contribution in [3.63, 3.8) is 0 Å². The Labute approximate surface area is 116 Å². The van der Waals surface area contributed by atoms with Crippen LogP contribution in [0.3, 0.4) is 0 Å². The molecule has 0 aliphatic heterocycles. The fourth-order valence-electron chi connectivity index (χ4n) is 2.75. The van der Waals surface area contributed by atoms with Crippen LogP contribution in [0.4, 0.5) is 4.39 Å². The minimum absolute atomic E-state index is 0.0372. The van der Waals surface area contributed by atoms with Crippen molar-refractivity contribution in [3.8, 4) is 5.75 Å². The van der Waals surface area contributed by atoms with Gasteiger partial charge in [0.15, 0.2) is 0 Å². The molecule has 1 aliphatic carbocycles. The number of nitrogens with zero attached hydrogens (tertiary/aromatic N) is 2. The highest BCUT2D eigenvalue weighted by atomic mass is 19.1. The van der Waals surface area contributed by atoms with Gasteiger partial charge in [-0.3, -0.25) is 0 Å². The van der Waals surface area contributed by atoms with Crippen molar-refractivity contribution in [2.24, 2.45) is 0 Å². The second-order valence-electron chi connectivity index (χ2n) is 5.11. The predicted octanol–water partition coefficient (Wildman–Crippen LogP) is 2.56. The van der Waals surface area contributed by atoms with Crippen molar-refractivity contribution in [1.82, 2.24) is 9.55 Å². The fraction of sp³-hybridized carbons (Fsp3) is 0.400. The number of aromatic nitrogens is 2. The monoisotopic (exact) mass is 276 g/mol. The van der Waals surface area contributed by atoms with E-state index in [1.54, 1.807) is 24.7 Å². The maximum atomic E-state index is 13.2. The summed E-state index contributed by atoms with van der Waals surface area (Å²) in [5, 5.41) is 10.5. The van der Waals surface area contributed by atoms with E-state index in [0.29, 0.717) is 5.75 Å². The summed E-state index contributed by atoms with van der Waals surface area (Å²) >= 11 is 0. The van der Waals surface area contributed by atoms with Gasteiger partial charge < -0.3 is 14.4 Å². The molecule has 0 saturated heterocycles. The Bertz CT molecular complexity index is 559. The summed E-state index contributed by atoms with van der Waals surface area (Å²) in [5.74, 6) is 0.124. The summed E-state index contributed by atoms with van der Waals surface area (Å²) in [6.07, 6.45) is 6.92. The number of aliphatic hydroxyl groups is 1. The van der Waals surface area contributed by atoms with Crippen molar-refractivity contribution in [3.05, 3.63) is 48.8 Å². The normalized spacial score (nSPS) is 26.4. The van der Waals surface area contributed by atoms with Gasteiger partial charge in [-0.05, 0) is 31.4 Å². The summed E-state index contributed by atoms with van der Waals surface area (Å²) in [6, 6.07) is 5.99. The van der Waals surface area contributed by atoms with Crippen LogP contribution in [-0.4, -0.2) is 26.9 Å². The van der Waals surface area contributed by atoms with Crippen LogP contribution >= 0.6 is 0 Å². The molecule has 0 bridgehead atoms. The highest BCUT2D eigenvalue weighted by Gasteiger charge is 2.34. The molecule has 1 aliphatic rings. The van der Waals surface area contributed by atoms with Gasteiger partial charge >= 0.3 is 0 Å². The molecule has 1 aromatic carbocycles. The number of hydrogen-bond donors (Lipinski definition) is 1. The zero-order chi connectivity index (χ0) is 13.9. The zero-order valence-corrected chi connectivity index (χ0v) is 11.0. The van der Waals surface area contributed by atoms with Crippen LogP contribution in [0.2, 0.25) is 0 Å². The van der Waals surface area contributed by atoms with E-state index in [4.69, 9.17) is 4.74 Å². The van der Waals surface area contributed by atoms with E-state index in [0.717, 1.165) is 19.3 Å². The number of imidazole rings is 1. The van der Waals surface area contributed by atoms with Crippen LogP contribution in [-0.2, 0) is 0 Å². The van der Waals surface area contributed by atoms with Crippen LogP contribution < -0.4 is 4.74 Å². The summed E-state index contributed by atoms with van der Waals surface area (Å²) in [5.41, 5.74) is 0. The van der Waals surface area contributed by atoms with E-state index in [1.807, 2.05) is 10.8 Å². The van der Waals surface area contributed by atoms with Crippen LogP contribution in [0.5, 0.6) is 5.75 Å². The summed E-state index contributed by atoms with van der Waals surface area (Å²) in [7, 11) is 0. The summed E-state index contributed by atoms with van der Waals surface area (Å²) < 4.78 is 20.8. The SMILES string of the molecule is O[C@H]1[C@H](Oc2cccc(F)c2)CCC[C@@H]1n1ccnc1. The third-order valence-corrected chi connectivity index (χ3v) is 3.76. The average Bonchev–Trinajstić information content (AvgIpc) is 2.95. The standard InChI is InChI=1S/C15H17FN2O2/c16-11-3-1-4-12(9-11)20-14-6-2-5-13(15(14)19)18-8-7-17-10-18/h1,3-4,7-10,13-15,19H,2,5-6H2/t13-,14+,15+/m0/s1. The van der Waals surface area contributed by atoms with E-state index < -0.39 is 6.10 Å². The van der Waals surface area contributed by atoms with Crippen molar-refractivity contribution < 1.29 is 14.2 Å². The number of rotatable bonds is 3. The molecule has 0 spiro atoms. The molecule has 106 valence electrons. The second-order valence-corrected chi connectivity index (χ2v) is 5.11.